The third-order valence-electron chi connectivity index (χ3n) is 10.4. The first-order valence-corrected chi connectivity index (χ1v) is 12.0. The number of carbonyl (C=O) groups excluding carboxylic acids is 2. The molecule has 8 atom stereocenters. The van der Waals surface area contributed by atoms with E-state index in [-0.39, 0.29) is 46.6 Å². The van der Waals surface area contributed by atoms with Gasteiger partial charge in [-0.2, -0.15) is 0 Å². The zero-order chi connectivity index (χ0) is 22.2. The number of rotatable bonds is 2. The van der Waals surface area contributed by atoms with Crippen LogP contribution in [0, 0.1) is 28.6 Å². The Balaban J connectivity index is 1.43. The van der Waals surface area contributed by atoms with Gasteiger partial charge in [0.2, 0.25) is 0 Å². The largest absolute Gasteiger partial charge is 0.462 e. The monoisotopic (exact) mass is 432 g/mol. The SMILES string of the molecule is CC(=O)OC1CC[C@]2(C)[C@H]3CC[C@]4(C)[C@@H](C5=CC(=O)OC5)CC[C@]4(O)[C@@H]3CCC2(O)C1. The van der Waals surface area contributed by atoms with E-state index in [4.69, 9.17) is 9.47 Å². The Bertz CT molecular complexity index is 836. The summed E-state index contributed by atoms with van der Waals surface area (Å²) in [6.45, 7) is 6.21. The lowest BCUT2D eigenvalue weighted by Crippen LogP contribution is -2.67. The van der Waals surface area contributed by atoms with Crippen LogP contribution < -0.4 is 0 Å². The van der Waals surface area contributed by atoms with Gasteiger partial charge in [0.05, 0.1) is 11.2 Å². The lowest BCUT2D eigenvalue weighted by Gasteiger charge is -2.66. The molecule has 2 unspecified atom stereocenters. The molecule has 31 heavy (non-hydrogen) atoms. The fraction of sp³-hybridized carbons (Fsp3) is 0.840. The molecule has 0 amide bonds. The molecule has 1 aliphatic heterocycles. The molecule has 2 N–H and O–H groups in total. The fourth-order valence-electron chi connectivity index (χ4n) is 8.70. The molecule has 4 aliphatic carbocycles. The molecule has 0 aromatic rings. The summed E-state index contributed by atoms with van der Waals surface area (Å²) in [5, 5.41) is 24.0. The molecule has 0 radical (unpaired) electrons. The van der Waals surface area contributed by atoms with Crippen molar-refractivity contribution in [2.75, 3.05) is 6.61 Å². The van der Waals surface area contributed by atoms with E-state index < -0.39 is 11.2 Å². The van der Waals surface area contributed by atoms with Gasteiger partial charge in [-0.1, -0.05) is 13.8 Å². The van der Waals surface area contributed by atoms with Crippen molar-refractivity contribution >= 4 is 11.9 Å². The van der Waals surface area contributed by atoms with Gasteiger partial charge < -0.3 is 19.7 Å². The minimum Gasteiger partial charge on any atom is -0.462 e. The molecule has 5 aliphatic rings. The van der Waals surface area contributed by atoms with Crippen molar-refractivity contribution in [3.8, 4) is 0 Å². The maximum absolute atomic E-state index is 12.2. The predicted molar refractivity (Wildman–Crippen MR) is 113 cm³/mol. The van der Waals surface area contributed by atoms with Crippen LogP contribution in [0.2, 0.25) is 0 Å². The molecule has 4 saturated carbocycles. The van der Waals surface area contributed by atoms with E-state index in [9.17, 15) is 19.8 Å². The summed E-state index contributed by atoms with van der Waals surface area (Å²) in [4.78, 5) is 23.2. The molecule has 4 fully saturated rings. The number of cyclic esters (lactones) is 1. The fourth-order valence-corrected chi connectivity index (χ4v) is 8.70. The summed E-state index contributed by atoms with van der Waals surface area (Å²) in [5.41, 5.74) is -1.16. The Labute approximate surface area is 184 Å². The van der Waals surface area contributed by atoms with E-state index in [0.717, 1.165) is 50.5 Å². The summed E-state index contributed by atoms with van der Waals surface area (Å²) in [6, 6.07) is 0. The van der Waals surface area contributed by atoms with Crippen LogP contribution in [-0.2, 0) is 19.1 Å². The van der Waals surface area contributed by atoms with E-state index in [0.29, 0.717) is 19.4 Å². The number of fused-ring (bicyclic) bond motifs is 5. The standard InChI is InChI=1S/C25H36O6/c1-15(26)31-17-4-8-22(2)19-5-9-23(3)18(16-12-21(27)30-14-16)7-11-25(23,29)20(19)6-10-24(22,28)13-17/h12,17-20,28-29H,4-11,13-14H2,1-3H3/t17?,18-,19+,20-,22-,23-,24?,25+/m1/s1. The molecule has 0 aromatic carbocycles. The van der Waals surface area contributed by atoms with Gasteiger partial charge in [0.25, 0.3) is 0 Å². The Morgan fingerprint density at radius 3 is 2.42 bits per heavy atom. The molecule has 5 rings (SSSR count). The number of hydrogen-bond donors (Lipinski definition) is 2. The second kappa shape index (κ2) is 6.80. The van der Waals surface area contributed by atoms with Crippen molar-refractivity contribution in [3.05, 3.63) is 11.6 Å². The summed E-state index contributed by atoms with van der Waals surface area (Å²) in [5.74, 6) is 0.0252. The topological polar surface area (TPSA) is 93.1 Å². The number of aliphatic hydroxyl groups is 2. The van der Waals surface area contributed by atoms with E-state index in [2.05, 4.69) is 13.8 Å². The van der Waals surface area contributed by atoms with Gasteiger partial charge in [-0.15, -0.1) is 0 Å². The summed E-state index contributed by atoms with van der Waals surface area (Å²) < 4.78 is 10.7. The van der Waals surface area contributed by atoms with E-state index in [1.165, 1.54) is 6.92 Å². The Morgan fingerprint density at radius 2 is 1.74 bits per heavy atom. The highest BCUT2D eigenvalue weighted by Gasteiger charge is 2.70. The Hall–Kier alpha value is -1.40. The highest BCUT2D eigenvalue weighted by atomic mass is 16.5. The second-order valence-corrected chi connectivity index (χ2v) is 11.5. The van der Waals surface area contributed by atoms with Gasteiger partial charge in [0.1, 0.15) is 12.7 Å². The Morgan fingerprint density at radius 1 is 1.03 bits per heavy atom. The van der Waals surface area contributed by atoms with Crippen molar-refractivity contribution in [1.29, 1.82) is 0 Å². The van der Waals surface area contributed by atoms with E-state index in [1.54, 1.807) is 6.08 Å². The van der Waals surface area contributed by atoms with Crippen molar-refractivity contribution in [2.24, 2.45) is 28.6 Å². The van der Waals surface area contributed by atoms with Crippen LogP contribution in [0.15, 0.2) is 11.6 Å². The van der Waals surface area contributed by atoms with Crippen molar-refractivity contribution in [1.82, 2.24) is 0 Å². The van der Waals surface area contributed by atoms with Crippen LogP contribution in [0.3, 0.4) is 0 Å². The quantitative estimate of drug-likeness (QED) is 0.651. The Kier molecular flexibility index (Phi) is 4.70. The summed E-state index contributed by atoms with van der Waals surface area (Å²) in [6.07, 6.45) is 8.41. The van der Waals surface area contributed by atoms with Gasteiger partial charge in [0.15, 0.2) is 0 Å². The maximum atomic E-state index is 12.2. The average molecular weight is 433 g/mol. The lowest BCUT2D eigenvalue weighted by molar-refractivity contribution is -0.256. The number of ether oxygens (including phenoxy) is 2. The second-order valence-electron chi connectivity index (χ2n) is 11.5. The summed E-state index contributed by atoms with van der Waals surface area (Å²) in [7, 11) is 0. The van der Waals surface area contributed by atoms with Crippen LogP contribution in [0.25, 0.3) is 0 Å². The van der Waals surface area contributed by atoms with Crippen LogP contribution in [0.5, 0.6) is 0 Å². The van der Waals surface area contributed by atoms with Gasteiger partial charge in [-0.05, 0) is 80.1 Å². The minimum atomic E-state index is -0.858. The van der Waals surface area contributed by atoms with Gasteiger partial charge >= 0.3 is 11.9 Å². The molecule has 6 heteroatoms. The first-order chi connectivity index (χ1) is 14.5. The zero-order valence-corrected chi connectivity index (χ0v) is 19.0. The molecule has 0 aromatic heterocycles. The number of hydrogen-bond acceptors (Lipinski definition) is 6. The first-order valence-electron chi connectivity index (χ1n) is 12.0. The smallest absolute Gasteiger partial charge is 0.331 e. The van der Waals surface area contributed by atoms with Crippen LogP contribution in [0.4, 0.5) is 0 Å². The maximum Gasteiger partial charge on any atom is 0.331 e. The van der Waals surface area contributed by atoms with Crippen molar-refractivity contribution < 1.29 is 29.3 Å². The normalized spacial score (nSPS) is 51.3. The van der Waals surface area contributed by atoms with Crippen LogP contribution in [-0.4, -0.2) is 46.1 Å². The molecule has 6 nitrogen and oxygen atoms in total. The van der Waals surface area contributed by atoms with E-state index in [1.807, 2.05) is 0 Å². The molecule has 0 saturated heterocycles. The summed E-state index contributed by atoms with van der Waals surface area (Å²) >= 11 is 0. The third kappa shape index (κ3) is 2.83. The number of carbonyl (C=O) groups is 2. The molecular weight excluding hydrogens is 396 g/mol. The highest BCUT2D eigenvalue weighted by Crippen LogP contribution is 2.70. The lowest BCUT2D eigenvalue weighted by atomic mass is 9.42. The molecule has 172 valence electrons. The predicted octanol–water partition coefficient (Wildman–Crippen LogP) is 3.29. The third-order valence-corrected chi connectivity index (χ3v) is 10.4. The molecule has 0 bridgehead atoms. The van der Waals surface area contributed by atoms with Crippen molar-refractivity contribution in [2.45, 2.75) is 95.9 Å². The van der Waals surface area contributed by atoms with Gasteiger partial charge in [-0.3, -0.25) is 4.79 Å². The van der Waals surface area contributed by atoms with Gasteiger partial charge in [-0.25, -0.2) is 4.79 Å². The van der Waals surface area contributed by atoms with E-state index >= 15 is 0 Å². The number of esters is 2. The molecule has 1 heterocycles. The molecule has 0 spiro atoms. The average Bonchev–Trinajstić information content (AvgIpc) is 3.22. The highest BCUT2D eigenvalue weighted by molar-refractivity contribution is 5.85. The molecular formula is C25H36O6. The van der Waals surface area contributed by atoms with Gasteiger partial charge in [0, 0.05) is 24.8 Å². The first kappa shape index (κ1) is 21.4. The zero-order valence-electron chi connectivity index (χ0n) is 19.0. The van der Waals surface area contributed by atoms with Crippen LogP contribution in [0.1, 0.15) is 78.6 Å². The van der Waals surface area contributed by atoms with Crippen molar-refractivity contribution in [3.63, 3.8) is 0 Å². The minimum absolute atomic E-state index is 0.144. The van der Waals surface area contributed by atoms with Crippen LogP contribution >= 0.6 is 0 Å².